The van der Waals surface area contributed by atoms with Crippen LogP contribution in [0, 0.1) is 11.8 Å². The van der Waals surface area contributed by atoms with Crippen molar-refractivity contribution < 1.29 is 13.5 Å². The van der Waals surface area contributed by atoms with E-state index in [1.54, 1.807) is 17.1 Å². The zero-order valence-electron chi connectivity index (χ0n) is 19.9. The summed E-state index contributed by atoms with van der Waals surface area (Å²) in [5.41, 5.74) is 1.56. The van der Waals surface area contributed by atoms with Gasteiger partial charge in [-0.15, -0.1) is 5.10 Å². The van der Waals surface area contributed by atoms with E-state index < -0.39 is 11.2 Å². The Morgan fingerprint density at radius 2 is 1.88 bits per heavy atom. The fourth-order valence-electron chi connectivity index (χ4n) is 4.98. The Morgan fingerprint density at radius 1 is 1.12 bits per heavy atom. The third-order valence-corrected chi connectivity index (χ3v) is 8.97. The maximum absolute atomic E-state index is 13.4. The summed E-state index contributed by atoms with van der Waals surface area (Å²) in [5, 5.41) is 9.81. The van der Waals surface area contributed by atoms with Gasteiger partial charge in [0.2, 0.25) is 5.88 Å². The summed E-state index contributed by atoms with van der Waals surface area (Å²) >= 11 is -1.09. The van der Waals surface area contributed by atoms with Crippen LogP contribution in [-0.2, 0) is 11.2 Å². The topological polar surface area (TPSA) is 96.2 Å². The van der Waals surface area contributed by atoms with Gasteiger partial charge in [-0.3, -0.25) is 0 Å². The number of hydrogen-bond acceptors (Lipinski definition) is 7. The summed E-state index contributed by atoms with van der Waals surface area (Å²) in [6, 6.07) is 5.79. The molecule has 178 valence electrons. The van der Waals surface area contributed by atoms with Crippen molar-refractivity contribution in [2.45, 2.75) is 55.6 Å². The Hall–Kier alpha value is -2.78. The summed E-state index contributed by atoms with van der Waals surface area (Å²) in [4.78, 5) is 7.42. The van der Waals surface area contributed by atoms with E-state index >= 15 is 0 Å². The predicted octanol–water partition coefficient (Wildman–Crippen LogP) is 5.15. The van der Waals surface area contributed by atoms with E-state index in [0.717, 1.165) is 53.1 Å². The number of furan rings is 1. The molecule has 2 aliphatic rings. The second kappa shape index (κ2) is 8.16. The SMILES string of the molecule is C[C@@H]1CC([S+]([O-])c2cnc3c(c2)c(N(C)C)nn3-c2ccc(-c3cnoc3C3CC3)o2)C[C@H]1C. The molecule has 0 radical (unpaired) electrons. The van der Waals surface area contributed by atoms with Crippen molar-refractivity contribution >= 4 is 28.0 Å². The first-order valence-corrected chi connectivity index (χ1v) is 13.1. The van der Waals surface area contributed by atoms with E-state index in [-0.39, 0.29) is 5.25 Å². The van der Waals surface area contributed by atoms with Gasteiger partial charge < -0.3 is 18.4 Å². The van der Waals surface area contributed by atoms with Crippen LogP contribution < -0.4 is 4.90 Å². The van der Waals surface area contributed by atoms with Gasteiger partial charge in [-0.1, -0.05) is 19.0 Å². The molecule has 9 heteroatoms. The van der Waals surface area contributed by atoms with E-state index in [2.05, 4.69) is 19.0 Å². The summed E-state index contributed by atoms with van der Waals surface area (Å²) in [5.74, 6) is 4.56. The minimum absolute atomic E-state index is 0.180. The highest BCUT2D eigenvalue weighted by Gasteiger charge is 2.37. The molecule has 2 aliphatic carbocycles. The van der Waals surface area contributed by atoms with E-state index in [4.69, 9.17) is 19.0 Å². The Kier molecular flexibility index (Phi) is 5.22. The van der Waals surface area contributed by atoms with E-state index in [1.807, 2.05) is 37.2 Å². The largest absolute Gasteiger partial charge is 0.611 e. The average molecular weight is 480 g/mol. The molecule has 0 aromatic carbocycles. The lowest BCUT2D eigenvalue weighted by molar-refractivity contribution is 0.384. The lowest BCUT2D eigenvalue weighted by Crippen LogP contribution is -2.19. The van der Waals surface area contributed by atoms with Gasteiger partial charge in [0, 0.05) is 32.1 Å². The summed E-state index contributed by atoms with van der Waals surface area (Å²) in [7, 11) is 3.89. The molecule has 3 atom stereocenters. The van der Waals surface area contributed by atoms with E-state index in [9.17, 15) is 4.55 Å². The molecule has 6 rings (SSSR count). The van der Waals surface area contributed by atoms with Crippen molar-refractivity contribution in [1.29, 1.82) is 0 Å². The van der Waals surface area contributed by atoms with Crippen LogP contribution in [0.2, 0.25) is 0 Å². The van der Waals surface area contributed by atoms with Crippen molar-refractivity contribution in [3.8, 4) is 17.2 Å². The highest BCUT2D eigenvalue weighted by Crippen LogP contribution is 2.45. The summed E-state index contributed by atoms with van der Waals surface area (Å²) in [6.07, 6.45) is 7.68. The first-order chi connectivity index (χ1) is 16.4. The van der Waals surface area contributed by atoms with Gasteiger partial charge in [-0.25, -0.2) is 4.98 Å². The number of fused-ring (bicyclic) bond motifs is 1. The van der Waals surface area contributed by atoms with Gasteiger partial charge >= 0.3 is 0 Å². The van der Waals surface area contributed by atoms with Gasteiger partial charge in [0.15, 0.2) is 22.1 Å². The normalized spacial score (nSPS) is 22.0. The third kappa shape index (κ3) is 3.62. The molecule has 0 bridgehead atoms. The van der Waals surface area contributed by atoms with Crippen molar-refractivity contribution in [3.05, 3.63) is 36.4 Å². The Morgan fingerprint density at radius 3 is 2.59 bits per heavy atom. The summed E-state index contributed by atoms with van der Waals surface area (Å²) in [6.45, 7) is 4.50. The number of nitrogens with zero attached hydrogens (tertiary/aromatic N) is 5. The van der Waals surface area contributed by atoms with Gasteiger partial charge in [-0.2, -0.15) is 4.68 Å². The standard InChI is InChI=1S/C25H29N5O3S/c1-14-9-17(10-15(14)2)34(31)18-11-19-24(26-12-18)30(28-25(19)29(3)4)22-8-7-21(32-22)20-13-27-33-23(20)16-5-6-16/h7-8,11-17H,5-6,9-10H2,1-4H3/t14-,15-,34?/m1/s1. The molecule has 0 saturated heterocycles. The van der Waals surface area contributed by atoms with Crippen LogP contribution in [0.15, 0.2) is 44.4 Å². The first-order valence-electron chi connectivity index (χ1n) is 11.9. The number of anilines is 1. The number of rotatable bonds is 6. The zero-order chi connectivity index (χ0) is 23.6. The molecule has 0 amide bonds. The van der Waals surface area contributed by atoms with Crippen molar-refractivity contribution in [2.24, 2.45) is 11.8 Å². The van der Waals surface area contributed by atoms with Crippen molar-refractivity contribution in [3.63, 3.8) is 0 Å². The molecule has 4 aromatic rings. The monoisotopic (exact) mass is 479 g/mol. The van der Waals surface area contributed by atoms with Gasteiger partial charge in [0.25, 0.3) is 0 Å². The van der Waals surface area contributed by atoms with Crippen LogP contribution in [-0.4, -0.2) is 43.8 Å². The molecule has 2 saturated carbocycles. The van der Waals surface area contributed by atoms with Gasteiger partial charge in [0.05, 0.1) is 23.3 Å². The summed E-state index contributed by atoms with van der Waals surface area (Å²) < 4.78 is 26.7. The second-order valence-corrected chi connectivity index (χ2v) is 11.8. The van der Waals surface area contributed by atoms with Crippen LogP contribution in [0.4, 0.5) is 5.82 Å². The fourth-order valence-corrected chi connectivity index (χ4v) is 6.71. The lowest BCUT2D eigenvalue weighted by atomic mass is 10.0. The molecule has 4 heterocycles. The minimum Gasteiger partial charge on any atom is -0.611 e. The molecule has 0 spiro atoms. The minimum atomic E-state index is -1.09. The molecule has 1 unspecified atom stereocenters. The van der Waals surface area contributed by atoms with E-state index in [1.165, 1.54) is 0 Å². The molecule has 2 fully saturated rings. The Labute approximate surface area is 201 Å². The van der Waals surface area contributed by atoms with Crippen molar-refractivity contribution in [2.75, 3.05) is 19.0 Å². The quantitative estimate of drug-likeness (QED) is 0.353. The predicted molar refractivity (Wildman–Crippen MR) is 131 cm³/mol. The molecular formula is C25H29N5O3S. The Balaban J connectivity index is 1.37. The number of hydrogen-bond donors (Lipinski definition) is 0. The number of pyridine rings is 1. The smallest absolute Gasteiger partial charge is 0.222 e. The van der Waals surface area contributed by atoms with Gasteiger partial charge in [0.1, 0.15) is 11.0 Å². The average Bonchev–Trinajstić information content (AvgIpc) is 3.18. The van der Waals surface area contributed by atoms with Crippen LogP contribution >= 0.6 is 0 Å². The molecule has 0 N–H and O–H groups in total. The molecular weight excluding hydrogens is 450 g/mol. The lowest BCUT2D eigenvalue weighted by Gasteiger charge is -2.17. The Bertz CT molecular complexity index is 1330. The van der Waals surface area contributed by atoms with Crippen LogP contribution in [0.25, 0.3) is 28.2 Å². The molecule has 4 aromatic heterocycles. The maximum Gasteiger partial charge on any atom is 0.222 e. The van der Waals surface area contributed by atoms with Crippen LogP contribution in [0.5, 0.6) is 0 Å². The first kappa shape index (κ1) is 21.7. The highest BCUT2D eigenvalue weighted by molar-refractivity contribution is 7.92. The fraction of sp³-hybridized carbons (Fsp3) is 0.480. The van der Waals surface area contributed by atoms with Crippen LogP contribution in [0.1, 0.15) is 51.2 Å². The van der Waals surface area contributed by atoms with E-state index in [0.29, 0.717) is 35.0 Å². The molecule has 34 heavy (non-hydrogen) atoms. The zero-order valence-corrected chi connectivity index (χ0v) is 20.7. The van der Waals surface area contributed by atoms with Crippen molar-refractivity contribution in [1.82, 2.24) is 19.9 Å². The highest BCUT2D eigenvalue weighted by atomic mass is 32.2. The van der Waals surface area contributed by atoms with Crippen LogP contribution in [0.3, 0.4) is 0 Å². The third-order valence-electron chi connectivity index (χ3n) is 7.29. The maximum atomic E-state index is 13.4. The molecule has 8 nitrogen and oxygen atoms in total. The second-order valence-electron chi connectivity index (χ2n) is 10.0. The number of aromatic nitrogens is 4. The van der Waals surface area contributed by atoms with Gasteiger partial charge in [-0.05, 0) is 54.8 Å². The molecule has 0 aliphatic heterocycles.